The van der Waals surface area contributed by atoms with Gasteiger partial charge in [-0.2, -0.15) is 0 Å². The Labute approximate surface area is 140 Å². The predicted molar refractivity (Wildman–Crippen MR) is 93.7 cm³/mol. The molecule has 0 atom stereocenters. The van der Waals surface area contributed by atoms with Gasteiger partial charge >= 0.3 is 0 Å². The molecule has 2 N–H and O–H groups in total. The lowest BCUT2D eigenvalue weighted by molar-refractivity contribution is 0.0997. The van der Waals surface area contributed by atoms with Gasteiger partial charge < -0.3 is 10.3 Å². The number of unbranched alkanes of at least 4 members (excludes halogenated alkanes) is 1. The minimum atomic E-state index is -0.587. The first-order valence-electron chi connectivity index (χ1n) is 8.13. The van der Waals surface area contributed by atoms with E-state index >= 15 is 0 Å². The molecule has 2 heterocycles. The molecule has 0 bridgehead atoms. The molecule has 124 valence electrons. The molecular formula is C18H21N5O. The van der Waals surface area contributed by atoms with Crippen molar-refractivity contribution in [1.29, 1.82) is 0 Å². The normalized spacial score (nSPS) is 11.1. The molecule has 0 saturated heterocycles. The number of amides is 1. The number of carbonyl (C=O) groups excluding carboxylic acids is 1. The summed E-state index contributed by atoms with van der Waals surface area (Å²) in [5.41, 5.74) is 8.86. The summed E-state index contributed by atoms with van der Waals surface area (Å²) in [6.45, 7) is 6.87. The Morgan fingerprint density at radius 1 is 1.12 bits per heavy atom. The zero-order valence-electron chi connectivity index (χ0n) is 14.2. The molecule has 6 heteroatoms. The van der Waals surface area contributed by atoms with Gasteiger partial charge in [0.25, 0.3) is 5.91 Å². The van der Waals surface area contributed by atoms with Crippen molar-refractivity contribution in [3.05, 3.63) is 41.3 Å². The molecule has 0 fully saturated rings. The van der Waals surface area contributed by atoms with Crippen molar-refractivity contribution >= 4 is 17.1 Å². The molecule has 0 aliphatic heterocycles. The monoisotopic (exact) mass is 323 g/mol. The fourth-order valence-electron chi connectivity index (χ4n) is 2.70. The molecule has 3 rings (SSSR count). The predicted octanol–water partition coefficient (Wildman–Crippen LogP) is 3.01. The first-order valence-corrected chi connectivity index (χ1v) is 8.13. The lowest BCUT2D eigenvalue weighted by Crippen LogP contribution is -2.15. The van der Waals surface area contributed by atoms with Crippen molar-refractivity contribution in [1.82, 2.24) is 19.5 Å². The zero-order valence-corrected chi connectivity index (χ0v) is 14.2. The van der Waals surface area contributed by atoms with Crippen LogP contribution in [0.25, 0.3) is 22.6 Å². The standard InChI is InChI=1S/C18H21N5O/c1-4-5-10-23-12(3)20-15-14(16(19)24)21-17(22-18(15)23)13-8-6-11(2)7-9-13/h6-9H,4-5,10H2,1-3H3,(H2,19,24). The van der Waals surface area contributed by atoms with Crippen molar-refractivity contribution in [2.24, 2.45) is 5.73 Å². The highest BCUT2D eigenvalue weighted by molar-refractivity contribution is 6.02. The number of imidazole rings is 1. The van der Waals surface area contributed by atoms with E-state index in [0.29, 0.717) is 17.0 Å². The Bertz CT molecular complexity index is 896. The third-order valence-electron chi connectivity index (χ3n) is 4.06. The molecule has 6 nitrogen and oxygen atoms in total. The summed E-state index contributed by atoms with van der Waals surface area (Å²) in [6, 6.07) is 7.88. The van der Waals surface area contributed by atoms with Crippen LogP contribution < -0.4 is 5.73 Å². The molecule has 3 aromatic rings. The molecular weight excluding hydrogens is 302 g/mol. The second-order valence-corrected chi connectivity index (χ2v) is 5.96. The van der Waals surface area contributed by atoms with E-state index in [0.717, 1.165) is 36.3 Å². The Kier molecular flexibility index (Phi) is 4.29. The van der Waals surface area contributed by atoms with Crippen molar-refractivity contribution in [3.63, 3.8) is 0 Å². The number of benzene rings is 1. The van der Waals surface area contributed by atoms with Gasteiger partial charge in [0.05, 0.1) is 0 Å². The number of aryl methyl sites for hydroxylation is 3. The molecule has 0 unspecified atom stereocenters. The molecule has 0 radical (unpaired) electrons. The third-order valence-corrected chi connectivity index (χ3v) is 4.06. The summed E-state index contributed by atoms with van der Waals surface area (Å²) in [5.74, 6) is 0.723. The molecule has 0 saturated carbocycles. The first kappa shape index (κ1) is 16.1. The SMILES string of the molecule is CCCCn1c(C)nc2c(C(N)=O)nc(-c3ccc(C)cc3)nc21. The summed E-state index contributed by atoms with van der Waals surface area (Å²) in [4.78, 5) is 25.4. The van der Waals surface area contributed by atoms with Crippen LogP contribution >= 0.6 is 0 Å². The van der Waals surface area contributed by atoms with E-state index in [1.807, 2.05) is 42.7 Å². The number of nitrogens with zero attached hydrogens (tertiary/aromatic N) is 4. The van der Waals surface area contributed by atoms with Gasteiger partial charge in [-0.1, -0.05) is 43.2 Å². The van der Waals surface area contributed by atoms with Gasteiger partial charge in [0, 0.05) is 12.1 Å². The maximum Gasteiger partial charge on any atom is 0.269 e. The van der Waals surface area contributed by atoms with Gasteiger partial charge in [-0.05, 0) is 20.3 Å². The van der Waals surface area contributed by atoms with Crippen LogP contribution in [0.4, 0.5) is 0 Å². The Morgan fingerprint density at radius 3 is 2.46 bits per heavy atom. The number of nitrogens with two attached hydrogens (primary N) is 1. The van der Waals surface area contributed by atoms with Gasteiger partial charge in [-0.3, -0.25) is 4.79 Å². The highest BCUT2D eigenvalue weighted by Crippen LogP contribution is 2.23. The van der Waals surface area contributed by atoms with Gasteiger partial charge in [0.2, 0.25) is 0 Å². The van der Waals surface area contributed by atoms with Crippen molar-refractivity contribution in [2.75, 3.05) is 0 Å². The van der Waals surface area contributed by atoms with E-state index in [1.165, 1.54) is 0 Å². The van der Waals surface area contributed by atoms with Crippen LogP contribution in [0.1, 0.15) is 41.6 Å². The topological polar surface area (TPSA) is 86.7 Å². The summed E-state index contributed by atoms with van der Waals surface area (Å²) in [6.07, 6.45) is 2.08. The number of carbonyl (C=O) groups is 1. The average molecular weight is 323 g/mol. The minimum absolute atomic E-state index is 0.175. The second kappa shape index (κ2) is 6.39. The fourth-order valence-corrected chi connectivity index (χ4v) is 2.70. The minimum Gasteiger partial charge on any atom is -0.364 e. The lowest BCUT2D eigenvalue weighted by atomic mass is 10.1. The van der Waals surface area contributed by atoms with Gasteiger partial charge in [0.15, 0.2) is 17.2 Å². The molecule has 1 aromatic carbocycles. The lowest BCUT2D eigenvalue weighted by Gasteiger charge is -2.07. The van der Waals surface area contributed by atoms with Crippen molar-refractivity contribution in [3.8, 4) is 11.4 Å². The van der Waals surface area contributed by atoms with E-state index in [2.05, 4.69) is 21.9 Å². The second-order valence-electron chi connectivity index (χ2n) is 5.96. The van der Waals surface area contributed by atoms with Gasteiger partial charge in [-0.25, -0.2) is 15.0 Å². The maximum absolute atomic E-state index is 11.9. The van der Waals surface area contributed by atoms with Crippen molar-refractivity contribution < 1.29 is 4.79 Å². The van der Waals surface area contributed by atoms with Crippen molar-refractivity contribution in [2.45, 2.75) is 40.2 Å². The van der Waals surface area contributed by atoms with E-state index in [9.17, 15) is 4.79 Å². The number of aromatic nitrogens is 4. The number of rotatable bonds is 5. The highest BCUT2D eigenvalue weighted by Gasteiger charge is 2.19. The number of hydrogen-bond acceptors (Lipinski definition) is 4. The summed E-state index contributed by atoms with van der Waals surface area (Å²) in [7, 11) is 0. The maximum atomic E-state index is 11.9. The van der Waals surface area contributed by atoms with E-state index < -0.39 is 5.91 Å². The molecule has 0 spiro atoms. The molecule has 0 aliphatic carbocycles. The Morgan fingerprint density at radius 2 is 1.83 bits per heavy atom. The average Bonchev–Trinajstić information content (AvgIpc) is 2.87. The molecule has 2 aromatic heterocycles. The number of primary amides is 1. The highest BCUT2D eigenvalue weighted by atomic mass is 16.1. The quantitative estimate of drug-likeness (QED) is 0.782. The van der Waals surface area contributed by atoms with E-state index in [1.54, 1.807) is 0 Å². The molecule has 24 heavy (non-hydrogen) atoms. The molecule has 0 aliphatic rings. The smallest absolute Gasteiger partial charge is 0.269 e. The largest absolute Gasteiger partial charge is 0.364 e. The zero-order chi connectivity index (χ0) is 17.3. The van der Waals surface area contributed by atoms with Crippen LogP contribution in [-0.2, 0) is 6.54 Å². The fraction of sp³-hybridized carbons (Fsp3) is 0.333. The number of hydrogen-bond donors (Lipinski definition) is 1. The Hall–Kier alpha value is -2.76. The van der Waals surface area contributed by atoms with E-state index in [-0.39, 0.29) is 5.69 Å². The van der Waals surface area contributed by atoms with Gasteiger partial charge in [-0.15, -0.1) is 0 Å². The first-order chi connectivity index (χ1) is 11.5. The van der Waals surface area contributed by atoms with Crippen LogP contribution in [0, 0.1) is 13.8 Å². The molecule has 1 amide bonds. The van der Waals surface area contributed by atoms with E-state index in [4.69, 9.17) is 5.73 Å². The number of fused-ring (bicyclic) bond motifs is 1. The summed E-state index contributed by atoms with van der Waals surface area (Å²) >= 11 is 0. The third kappa shape index (κ3) is 2.87. The van der Waals surface area contributed by atoms with Crippen LogP contribution in [0.3, 0.4) is 0 Å². The van der Waals surface area contributed by atoms with Crippen LogP contribution in [0.2, 0.25) is 0 Å². The summed E-state index contributed by atoms with van der Waals surface area (Å²) in [5, 5.41) is 0. The van der Waals surface area contributed by atoms with Crippen LogP contribution in [0.5, 0.6) is 0 Å². The Balaban J connectivity index is 2.24. The van der Waals surface area contributed by atoms with Gasteiger partial charge in [0.1, 0.15) is 11.3 Å². The van der Waals surface area contributed by atoms with Crippen LogP contribution in [-0.4, -0.2) is 25.4 Å². The summed E-state index contributed by atoms with van der Waals surface area (Å²) < 4.78 is 2.03. The van der Waals surface area contributed by atoms with Crippen LogP contribution in [0.15, 0.2) is 24.3 Å².